The number of benzene rings is 1. The maximum absolute atomic E-state index is 11.7. The number of carbonyl (C=O) groups excluding carboxylic acids is 1. The number of aliphatic hydroxyl groups excluding tert-OH is 2. The first-order valence-corrected chi connectivity index (χ1v) is 6.30. The summed E-state index contributed by atoms with van der Waals surface area (Å²) in [4.78, 5) is 11.7. The molecule has 0 radical (unpaired) electrons. The summed E-state index contributed by atoms with van der Waals surface area (Å²) in [6, 6.07) is 8.89. The third kappa shape index (κ3) is 4.85. The Morgan fingerprint density at radius 2 is 2.00 bits per heavy atom. The fourth-order valence-corrected chi connectivity index (χ4v) is 1.82. The highest BCUT2D eigenvalue weighted by molar-refractivity contribution is 5.76. The minimum Gasteiger partial charge on any atom is -0.394 e. The number of hydrogen-bond donors (Lipinski definition) is 3. The van der Waals surface area contributed by atoms with Crippen LogP contribution >= 0.6 is 0 Å². The molecule has 0 bridgehead atoms. The molecular weight excluding hydrogens is 230 g/mol. The molecule has 0 spiro atoms. The van der Waals surface area contributed by atoms with E-state index in [-0.39, 0.29) is 18.9 Å². The minimum absolute atomic E-state index is 0.0805. The molecule has 0 fully saturated rings. The van der Waals surface area contributed by atoms with Crippen molar-refractivity contribution in [2.24, 2.45) is 0 Å². The van der Waals surface area contributed by atoms with Crippen molar-refractivity contribution in [3.05, 3.63) is 35.9 Å². The Morgan fingerprint density at radius 1 is 1.33 bits per heavy atom. The van der Waals surface area contributed by atoms with Gasteiger partial charge in [0.25, 0.3) is 0 Å². The first kappa shape index (κ1) is 14.7. The molecular formula is C14H21NO3. The molecule has 0 aliphatic rings. The Hall–Kier alpha value is -1.39. The maximum atomic E-state index is 11.7. The number of aliphatic hydroxyl groups is 2. The summed E-state index contributed by atoms with van der Waals surface area (Å²) < 4.78 is 0. The summed E-state index contributed by atoms with van der Waals surface area (Å²) in [6.07, 6.45) is 0.932. The van der Waals surface area contributed by atoms with E-state index >= 15 is 0 Å². The summed E-state index contributed by atoms with van der Waals surface area (Å²) in [6.45, 7) is 1.81. The van der Waals surface area contributed by atoms with Crippen LogP contribution in [0.5, 0.6) is 0 Å². The summed E-state index contributed by atoms with van der Waals surface area (Å²) in [5.41, 5.74) is 0.860. The normalized spacial score (nSPS) is 13.9. The minimum atomic E-state index is -0.606. The lowest BCUT2D eigenvalue weighted by atomic mass is 10.1. The standard InChI is InChI=1S/C14H21NO3/c1-2-6-12(17)9-14(18)15-13(10-16)11-7-4-3-5-8-11/h3-5,7-8,12-13,16-17H,2,6,9-10H2,1H3,(H,15,18)/t12-,13+/m1/s1. The SMILES string of the molecule is CCC[C@@H](O)CC(=O)N[C@@H](CO)c1ccccc1. The predicted molar refractivity (Wildman–Crippen MR) is 69.9 cm³/mol. The second-order valence-electron chi connectivity index (χ2n) is 4.36. The van der Waals surface area contributed by atoms with Crippen LogP contribution in [-0.4, -0.2) is 28.8 Å². The average Bonchev–Trinajstić information content (AvgIpc) is 2.37. The van der Waals surface area contributed by atoms with Gasteiger partial charge in [-0.05, 0) is 12.0 Å². The highest BCUT2D eigenvalue weighted by Gasteiger charge is 2.15. The molecule has 0 aliphatic carbocycles. The average molecular weight is 251 g/mol. The highest BCUT2D eigenvalue weighted by Crippen LogP contribution is 2.12. The zero-order chi connectivity index (χ0) is 13.4. The van der Waals surface area contributed by atoms with Crippen LogP contribution in [0.2, 0.25) is 0 Å². The Balaban J connectivity index is 2.51. The number of hydrogen-bond acceptors (Lipinski definition) is 3. The molecule has 3 N–H and O–H groups in total. The van der Waals surface area contributed by atoms with E-state index in [1.165, 1.54) is 0 Å². The molecule has 4 nitrogen and oxygen atoms in total. The third-order valence-corrected chi connectivity index (χ3v) is 2.76. The van der Waals surface area contributed by atoms with Crippen LogP contribution in [0.1, 0.15) is 37.8 Å². The van der Waals surface area contributed by atoms with Gasteiger partial charge in [0.1, 0.15) is 0 Å². The highest BCUT2D eigenvalue weighted by atomic mass is 16.3. The summed E-state index contributed by atoms with van der Waals surface area (Å²) in [5, 5.41) is 21.6. The van der Waals surface area contributed by atoms with Crippen LogP contribution in [0.15, 0.2) is 30.3 Å². The topological polar surface area (TPSA) is 69.6 Å². The molecule has 0 saturated heterocycles. The molecule has 1 aromatic carbocycles. The Bertz CT molecular complexity index is 353. The van der Waals surface area contributed by atoms with Crippen LogP contribution in [-0.2, 0) is 4.79 Å². The number of nitrogens with one attached hydrogen (secondary N) is 1. The fourth-order valence-electron chi connectivity index (χ4n) is 1.82. The molecule has 100 valence electrons. The van der Waals surface area contributed by atoms with Crippen molar-refractivity contribution < 1.29 is 15.0 Å². The monoisotopic (exact) mass is 251 g/mol. The zero-order valence-electron chi connectivity index (χ0n) is 10.7. The van der Waals surface area contributed by atoms with E-state index in [0.29, 0.717) is 6.42 Å². The lowest BCUT2D eigenvalue weighted by Gasteiger charge is -2.18. The van der Waals surface area contributed by atoms with Gasteiger partial charge >= 0.3 is 0 Å². The second kappa shape index (κ2) is 7.84. The van der Waals surface area contributed by atoms with Gasteiger partial charge < -0.3 is 15.5 Å². The predicted octanol–water partition coefficient (Wildman–Crippen LogP) is 1.39. The smallest absolute Gasteiger partial charge is 0.223 e. The van der Waals surface area contributed by atoms with Crippen LogP contribution in [0.3, 0.4) is 0 Å². The van der Waals surface area contributed by atoms with Crippen molar-refractivity contribution in [1.29, 1.82) is 0 Å². The van der Waals surface area contributed by atoms with Crippen molar-refractivity contribution in [1.82, 2.24) is 5.32 Å². The lowest BCUT2D eigenvalue weighted by Crippen LogP contribution is -2.33. The Labute approximate surface area is 108 Å². The number of amides is 1. The Morgan fingerprint density at radius 3 is 2.56 bits per heavy atom. The van der Waals surface area contributed by atoms with Gasteiger partial charge in [0.05, 0.1) is 25.2 Å². The van der Waals surface area contributed by atoms with Crippen LogP contribution in [0, 0.1) is 0 Å². The summed E-state index contributed by atoms with van der Waals surface area (Å²) in [5.74, 6) is -0.237. The van der Waals surface area contributed by atoms with Gasteiger partial charge in [-0.2, -0.15) is 0 Å². The largest absolute Gasteiger partial charge is 0.394 e. The van der Waals surface area contributed by atoms with Gasteiger partial charge in [-0.15, -0.1) is 0 Å². The quantitative estimate of drug-likeness (QED) is 0.686. The molecule has 0 aliphatic heterocycles. The zero-order valence-corrected chi connectivity index (χ0v) is 10.7. The van der Waals surface area contributed by atoms with Crippen LogP contribution in [0.25, 0.3) is 0 Å². The fraction of sp³-hybridized carbons (Fsp3) is 0.500. The van der Waals surface area contributed by atoms with Crippen LogP contribution in [0.4, 0.5) is 0 Å². The van der Waals surface area contributed by atoms with E-state index in [1.54, 1.807) is 0 Å². The molecule has 4 heteroatoms. The number of carbonyl (C=O) groups is 1. The molecule has 2 atom stereocenters. The molecule has 18 heavy (non-hydrogen) atoms. The molecule has 1 rings (SSSR count). The van der Waals surface area contributed by atoms with Gasteiger partial charge in [-0.25, -0.2) is 0 Å². The summed E-state index contributed by atoms with van der Waals surface area (Å²) in [7, 11) is 0. The van der Waals surface area contributed by atoms with Crippen molar-refractivity contribution in [2.75, 3.05) is 6.61 Å². The van der Waals surface area contributed by atoms with Gasteiger partial charge in [0, 0.05) is 0 Å². The van der Waals surface area contributed by atoms with E-state index < -0.39 is 12.1 Å². The van der Waals surface area contributed by atoms with Crippen molar-refractivity contribution in [3.63, 3.8) is 0 Å². The lowest BCUT2D eigenvalue weighted by molar-refractivity contribution is -0.124. The van der Waals surface area contributed by atoms with E-state index in [0.717, 1.165) is 12.0 Å². The molecule has 1 aromatic rings. The second-order valence-corrected chi connectivity index (χ2v) is 4.36. The van der Waals surface area contributed by atoms with E-state index in [1.807, 2.05) is 37.3 Å². The van der Waals surface area contributed by atoms with Gasteiger partial charge in [-0.3, -0.25) is 4.79 Å². The third-order valence-electron chi connectivity index (χ3n) is 2.76. The molecule has 0 aromatic heterocycles. The van der Waals surface area contributed by atoms with Crippen molar-refractivity contribution in [2.45, 2.75) is 38.3 Å². The molecule has 0 saturated carbocycles. The Kier molecular flexibility index (Phi) is 6.39. The first-order chi connectivity index (χ1) is 8.67. The van der Waals surface area contributed by atoms with Crippen molar-refractivity contribution >= 4 is 5.91 Å². The van der Waals surface area contributed by atoms with Gasteiger partial charge in [-0.1, -0.05) is 43.7 Å². The molecule has 0 unspecified atom stereocenters. The number of rotatable bonds is 7. The van der Waals surface area contributed by atoms with E-state index in [9.17, 15) is 15.0 Å². The van der Waals surface area contributed by atoms with Gasteiger partial charge in [0.15, 0.2) is 0 Å². The van der Waals surface area contributed by atoms with Crippen LogP contribution < -0.4 is 5.32 Å². The first-order valence-electron chi connectivity index (χ1n) is 6.30. The molecule has 1 amide bonds. The maximum Gasteiger partial charge on any atom is 0.223 e. The molecule has 0 heterocycles. The van der Waals surface area contributed by atoms with Crippen molar-refractivity contribution in [3.8, 4) is 0 Å². The van der Waals surface area contributed by atoms with E-state index in [2.05, 4.69) is 5.32 Å². The summed E-state index contributed by atoms with van der Waals surface area (Å²) >= 11 is 0. The van der Waals surface area contributed by atoms with Gasteiger partial charge in [0.2, 0.25) is 5.91 Å². The van der Waals surface area contributed by atoms with E-state index in [4.69, 9.17) is 0 Å².